The third-order valence-corrected chi connectivity index (χ3v) is 1.29. The van der Waals surface area contributed by atoms with Crippen molar-refractivity contribution in [3.63, 3.8) is 0 Å². The number of esters is 1. The van der Waals surface area contributed by atoms with Gasteiger partial charge in [0.05, 0.1) is 6.61 Å². The first kappa shape index (κ1) is 10.4. The van der Waals surface area contributed by atoms with Crippen molar-refractivity contribution in [1.82, 2.24) is 0 Å². The summed E-state index contributed by atoms with van der Waals surface area (Å²) in [5.74, 6) is -0.586. The average molecular weight is 165 g/mol. The molecule has 0 aliphatic carbocycles. The predicted molar refractivity (Wildman–Crippen MR) is 45.1 cm³/mol. The van der Waals surface area contributed by atoms with Gasteiger partial charge < -0.3 is 4.74 Å². The number of nitrogens with zero attached hydrogens (tertiary/aromatic N) is 1. The topological polar surface area (TPSA) is 50.1 Å². The van der Waals surface area contributed by atoms with Gasteiger partial charge in [-0.15, -0.1) is 0 Å². The van der Waals surface area contributed by atoms with E-state index in [9.17, 15) is 4.79 Å². The van der Waals surface area contributed by atoms with Crippen molar-refractivity contribution in [3.05, 3.63) is 23.8 Å². The average Bonchev–Trinajstić information content (AvgIpc) is 2.06. The van der Waals surface area contributed by atoms with Gasteiger partial charge in [0.25, 0.3) is 0 Å². The number of rotatable bonds is 3. The van der Waals surface area contributed by atoms with Crippen LogP contribution >= 0.6 is 0 Å². The van der Waals surface area contributed by atoms with Crippen molar-refractivity contribution in [2.45, 2.75) is 13.8 Å². The van der Waals surface area contributed by atoms with Gasteiger partial charge in [0.2, 0.25) is 0 Å². The van der Waals surface area contributed by atoms with Crippen molar-refractivity contribution in [3.8, 4) is 6.07 Å². The lowest BCUT2D eigenvalue weighted by atomic mass is 10.1. The molecule has 3 nitrogen and oxygen atoms in total. The van der Waals surface area contributed by atoms with E-state index in [1.807, 2.05) is 0 Å². The minimum Gasteiger partial charge on any atom is -0.462 e. The molecule has 0 N–H and O–H groups in total. The highest BCUT2D eigenvalue weighted by Gasteiger charge is 2.11. The van der Waals surface area contributed by atoms with Gasteiger partial charge >= 0.3 is 5.97 Å². The van der Waals surface area contributed by atoms with Gasteiger partial charge in [-0.3, -0.25) is 0 Å². The van der Waals surface area contributed by atoms with Gasteiger partial charge in [0.15, 0.2) is 0 Å². The number of carbonyl (C=O) groups is 1. The summed E-state index contributed by atoms with van der Waals surface area (Å²) in [5.41, 5.74) is 0.558. The van der Waals surface area contributed by atoms with Crippen LogP contribution in [-0.4, -0.2) is 12.6 Å². The molecule has 0 saturated heterocycles. The summed E-state index contributed by atoms with van der Waals surface area (Å²) in [4.78, 5) is 11.0. The fourth-order valence-corrected chi connectivity index (χ4v) is 0.600. The summed E-state index contributed by atoms with van der Waals surface area (Å²) in [5, 5.41) is 8.57. The predicted octanol–water partition coefficient (Wildman–Crippen LogP) is 1.58. The molecule has 0 rings (SSSR count). The molecule has 0 aromatic carbocycles. The van der Waals surface area contributed by atoms with Crippen molar-refractivity contribution in [1.29, 1.82) is 5.26 Å². The van der Waals surface area contributed by atoms with E-state index in [0.717, 1.165) is 0 Å². The van der Waals surface area contributed by atoms with Crippen LogP contribution in [0, 0.1) is 11.3 Å². The zero-order valence-electron chi connectivity index (χ0n) is 7.26. The van der Waals surface area contributed by atoms with Crippen LogP contribution in [-0.2, 0) is 9.53 Å². The summed E-state index contributed by atoms with van der Waals surface area (Å²) in [6.45, 7) is 7.06. The van der Waals surface area contributed by atoms with Crippen LogP contribution in [0.4, 0.5) is 0 Å². The van der Waals surface area contributed by atoms with E-state index in [1.165, 1.54) is 6.08 Å². The van der Waals surface area contributed by atoms with Crippen molar-refractivity contribution < 1.29 is 9.53 Å². The molecule has 0 aliphatic heterocycles. The maximum absolute atomic E-state index is 11.0. The van der Waals surface area contributed by atoms with E-state index in [-0.39, 0.29) is 12.2 Å². The second kappa shape index (κ2) is 5.14. The number of allylic oxidation sites excluding steroid dienone is 2. The molecule has 12 heavy (non-hydrogen) atoms. The Hall–Kier alpha value is -1.56. The lowest BCUT2D eigenvalue weighted by Gasteiger charge is -2.00. The SMILES string of the molecule is C=C/C(C)=C(/C#N)C(=O)OCC. The minimum absolute atomic E-state index is 0.0202. The Morgan fingerprint density at radius 2 is 2.33 bits per heavy atom. The first-order valence-corrected chi connectivity index (χ1v) is 3.57. The van der Waals surface area contributed by atoms with E-state index in [0.29, 0.717) is 5.57 Å². The Morgan fingerprint density at radius 1 is 1.75 bits per heavy atom. The molecule has 0 radical (unpaired) electrons. The summed E-state index contributed by atoms with van der Waals surface area (Å²) < 4.78 is 4.65. The zero-order valence-corrected chi connectivity index (χ0v) is 7.26. The van der Waals surface area contributed by atoms with Crippen LogP contribution in [0.25, 0.3) is 0 Å². The monoisotopic (exact) mass is 165 g/mol. The fraction of sp³-hybridized carbons (Fsp3) is 0.333. The molecule has 0 amide bonds. The lowest BCUT2D eigenvalue weighted by Crippen LogP contribution is -2.07. The molecule has 0 spiro atoms. The molecule has 0 heterocycles. The third-order valence-electron chi connectivity index (χ3n) is 1.29. The third kappa shape index (κ3) is 2.59. The Morgan fingerprint density at radius 3 is 2.67 bits per heavy atom. The molecule has 64 valence electrons. The number of hydrogen-bond acceptors (Lipinski definition) is 3. The normalized spacial score (nSPS) is 11.1. The zero-order chi connectivity index (χ0) is 9.56. The van der Waals surface area contributed by atoms with Crippen LogP contribution < -0.4 is 0 Å². The van der Waals surface area contributed by atoms with E-state index in [1.54, 1.807) is 19.9 Å². The smallest absolute Gasteiger partial charge is 0.349 e. The van der Waals surface area contributed by atoms with E-state index < -0.39 is 5.97 Å². The van der Waals surface area contributed by atoms with E-state index in [2.05, 4.69) is 11.3 Å². The van der Waals surface area contributed by atoms with Crippen molar-refractivity contribution in [2.24, 2.45) is 0 Å². The van der Waals surface area contributed by atoms with Crippen LogP contribution in [0.15, 0.2) is 23.8 Å². The number of nitriles is 1. The molecule has 0 aromatic rings. The first-order chi connectivity index (χ1) is 5.67. The standard InChI is InChI=1S/C9H11NO2/c1-4-7(3)8(6-10)9(11)12-5-2/h4H,1,5H2,2-3H3/b8-7-. The van der Waals surface area contributed by atoms with Gasteiger partial charge in [-0.1, -0.05) is 12.7 Å². The second-order valence-corrected chi connectivity index (χ2v) is 2.09. The second-order valence-electron chi connectivity index (χ2n) is 2.09. The Kier molecular flexibility index (Phi) is 4.47. The van der Waals surface area contributed by atoms with Crippen molar-refractivity contribution >= 4 is 5.97 Å². The van der Waals surface area contributed by atoms with Gasteiger partial charge in [0, 0.05) is 0 Å². The van der Waals surface area contributed by atoms with Gasteiger partial charge in [-0.2, -0.15) is 5.26 Å². The van der Waals surface area contributed by atoms with Crippen LogP contribution in [0.5, 0.6) is 0 Å². The molecule has 0 fully saturated rings. The lowest BCUT2D eigenvalue weighted by molar-refractivity contribution is -0.138. The molecule has 3 heteroatoms. The van der Waals surface area contributed by atoms with Gasteiger partial charge in [0.1, 0.15) is 11.6 Å². The van der Waals surface area contributed by atoms with Gasteiger partial charge in [-0.05, 0) is 19.4 Å². The highest BCUT2D eigenvalue weighted by atomic mass is 16.5. The summed E-state index contributed by atoms with van der Waals surface area (Å²) >= 11 is 0. The number of hydrogen-bond donors (Lipinski definition) is 0. The Balaban J connectivity index is 4.70. The maximum atomic E-state index is 11.0. The molecule has 0 aliphatic rings. The van der Waals surface area contributed by atoms with E-state index in [4.69, 9.17) is 5.26 Å². The molecular weight excluding hydrogens is 154 g/mol. The maximum Gasteiger partial charge on any atom is 0.349 e. The summed E-state index contributed by atoms with van der Waals surface area (Å²) in [7, 11) is 0. The highest BCUT2D eigenvalue weighted by molar-refractivity contribution is 5.94. The molecule has 0 unspecified atom stereocenters. The van der Waals surface area contributed by atoms with Gasteiger partial charge in [-0.25, -0.2) is 4.79 Å². The van der Waals surface area contributed by atoms with Crippen LogP contribution in [0.2, 0.25) is 0 Å². The Bertz CT molecular complexity index is 258. The minimum atomic E-state index is -0.586. The molecule has 0 bridgehead atoms. The summed E-state index contributed by atoms with van der Waals surface area (Å²) in [6.07, 6.45) is 1.45. The number of ether oxygens (including phenoxy) is 1. The fourth-order valence-electron chi connectivity index (χ4n) is 0.600. The van der Waals surface area contributed by atoms with Crippen molar-refractivity contribution in [2.75, 3.05) is 6.61 Å². The largest absolute Gasteiger partial charge is 0.462 e. The molecule has 0 aromatic heterocycles. The molecule has 0 saturated carbocycles. The summed E-state index contributed by atoms with van der Waals surface area (Å²) in [6, 6.07) is 1.77. The first-order valence-electron chi connectivity index (χ1n) is 3.57. The highest BCUT2D eigenvalue weighted by Crippen LogP contribution is 2.05. The van der Waals surface area contributed by atoms with Crippen LogP contribution in [0.3, 0.4) is 0 Å². The van der Waals surface area contributed by atoms with Crippen LogP contribution in [0.1, 0.15) is 13.8 Å². The molecule has 0 atom stereocenters. The Labute approximate surface area is 71.9 Å². The molecular formula is C9H11NO2. The quantitative estimate of drug-likeness (QED) is 0.276. The number of carbonyl (C=O) groups excluding carboxylic acids is 1. The van der Waals surface area contributed by atoms with E-state index >= 15 is 0 Å².